The maximum atomic E-state index is 15.2. The summed E-state index contributed by atoms with van der Waals surface area (Å²) in [4.78, 5) is 15.7. The third-order valence-corrected chi connectivity index (χ3v) is 8.23. The molecule has 0 unspecified atom stereocenters. The van der Waals surface area contributed by atoms with E-state index in [9.17, 15) is 9.90 Å². The number of anilines is 1. The Morgan fingerprint density at radius 1 is 1.11 bits per heavy atom. The van der Waals surface area contributed by atoms with Crippen LogP contribution in [0.2, 0.25) is 0 Å². The van der Waals surface area contributed by atoms with Crippen molar-refractivity contribution in [3.63, 3.8) is 0 Å². The number of rotatable bonds is 7. The quantitative estimate of drug-likeness (QED) is 0.381. The third kappa shape index (κ3) is 4.75. The highest BCUT2D eigenvalue weighted by Gasteiger charge is 2.44. The molecule has 2 heterocycles. The van der Waals surface area contributed by atoms with E-state index in [0.717, 1.165) is 78.0 Å². The molecule has 2 aromatic carbocycles. The molecule has 1 saturated carbocycles. The van der Waals surface area contributed by atoms with Crippen molar-refractivity contribution in [3.8, 4) is 16.9 Å². The minimum atomic E-state index is -0.752. The highest BCUT2D eigenvalue weighted by molar-refractivity contribution is 5.77. The van der Waals surface area contributed by atoms with Gasteiger partial charge in [-0.1, -0.05) is 12.1 Å². The molecule has 3 atom stereocenters. The maximum Gasteiger partial charge on any atom is 0.307 e. The Morgan fingerprint density at radius 3 is 2.53 bits per heavy atom. The van der Waals surface area contributed by atoms with Gasteiger partial charge in [0.05, 0.1) is 25.2 Å². The summed E-state index contributed by atoms with van der Waals surface area (Å²) in [6, 6.07) is 11.3. The molecule has 198 valence electrons. The molecule has 0 amide bonds. The smallest absolute Gasteiger partial charge is 0.307 e. The molecule has 0 spiro atoms. The van der Waals surface area contributed by atoms with Crippen molar-refractivity contribution < 1.29 is 23.8 Å². The number of pyridine rings is 1. The highest BCUT2D eigenvalue weighted by Crippen LogP contribution is 2.48. The monoisotopic (exact) mass is 516 g/mol. The topological polar surface area (TPSA) is 80.7 Å². The standard InChI is InChI=1S/C31H33FN2O4/c1-17-13-21(38-20-9-11-37-12-10-20)14-18(2)29(17)22-4-6-26(32)30-23(22)5-7-27(30)34-28-8-3-19(16-33-28)24-15-25(24)31(35)36/h3-4,6,8,13-14,16,20,24-25,27H,5,7,9-12,15H2,1-2H3,(H,33,34)(H,35,36)/t24-,25+,27-/m1/s1. The minimum absolute atomic E-state index is 0.0428. The van der Waals surface area contributed by atoms with Crippen molar-refractivity contribution in [3.05, 3.63) is 76.2 Å². The number of carboxylic acids is 1. The molecular formula is C31H33FN2O4. The van der Waals surface area contributed by atoms with E-state index >= 15 is 4.39 Å². The molecule has 7 heteroatoms. The summed E-state index contributed by atoms with van der Waals surface area (Å²) >= 11 is 0. The molecule has 0 bridgehead atoms. The Bertz CT molecular complexity index is 1340. The molecule has 0 radical (unpaired) electrons. The summed E-state index contributed by atoms with van der Waals surface area (Å²) in [6.07, 6.45) is 5.95. The van der Waals surface area contributed by atoms with Crippen LogP contribution >= 0.6 is 0 Å². The van der Waals surface area contributed by atoms with Crippen LogP contribution in [-0.2, 0) is 16.0 Å². The van der Waals surface area contributed by atoms with Crippen molar-refractivity contribution in [2.45, 2.75) is 64.0 Å². The van der Waals surface area contributed by atoms with Gasteiger partial charge < -0.3 is 19.9 Å². The molecule has 3 aromatic rings. The number of nitrogens with zero attached hydrogens (tertiary/aromatic N) is 1. The number of nitrogens with one attached hydrogen (secondary N) is 1. The van der Waals surface area contributed by atoms with E-state index in [2.05, 4.69) is 36.3 Å². The van der Waals surface area contributed by atoms with Gasteiger partial charge in [-0.05, 0) is 96.7 Å². The van der Waals surface area contributed by atoms with Crippen molar-refractivity contribution in [2.75, 3.05) is 18.5 Å². The molecule has 6 rings (SSSR count). The van der Waals surface area contributed by atoms with Crippen LogP contribution in [0.15, 0.2) is 42.6 Å². The van der Waals surface area contributed by atoms with Gasteiger partial charge in [0.2, 0.25) is 0 Å². The van der Waals surface area contributed by atoms with E-state index in [1.165, 1.54) is 0 Å². The van der Waals surface area contributed by atoms with E-state index in [1.54, 1.807) is 12.3 Å². The molecule has 1 saturated heterocycles. The van der Waals surface area contributed by atoms with Crippen LogP contribution < -0.4 is 10.1 Å². The second-order valence-corrected chi connectivity index (χ2v) is 10.8. The Labute approximate surface area is 222 Å². The lowest BCUT2D eigenvalue weighted by Crippen LogP contribution is -2.25. The van der Waals surface area contributed by atoms with Gasteiger partial charge in [0.1, 0.15) is 23.5 Å². The van der Waals surface area contributed by atoms with Gasteiger partial charge in [-0.25, -0.2) is 9.37 Å². The number of aryl methyl sites for hydroxylation is 2. The van der Waals surface area contributed by atoms with Gasteiger partial charge in [-0.3, -0.25) is 4.79 Å². The van der Waals surface area contributed by atoms with Gasteiger partial charge in [0.15, 0.2) is 0 Å². The first-order valence-corrected chi connectivity index (χ1v) is 13.5. The fourth-order valence-corrected chi connectivity index (χ4v) is 6.22. The number of hydrogen-bond donors (Lipinski definition) is 2. The average molecular weight is 517 g/mol. The van der Waals surface area contributed by atoms with Crippen molar-refractivity contribution in [1.82, 2.24) is 4.98 Å². The Hall–Kier alpha value is -3.45. The van der Waals surface area contributed by atoms with E-state index in [-0.39, 0.29) is 29.8 Å². The second-order valence-electron chi connectivity index (χ2n) is 10.8. The number of carboxylic acid groups (broad SMARTS) is 1. The molecule has 38 heavy (non-hydrogen) atoms. The molecular weight excluding hydrogens is 483 g/mol. The summed E-state index contributed by atoms with van der Waals surface area (Å²) in [7, 11) is 0. The van der Waals surface area contributed by atoms with E-state index in [0.29, 0.717) is 17.8 Å². The van der Waals surface area contributed by atoms with Crippen molar-refractivity contribution in [2.24, 2.45) is 5.92 Å². The van der Waals surface area contributed by atoms with Crippen LogP contribution in [0, 0.1) is 25.6 Å². The number of benzene rings is 2. The summed E-state index contributed by atoms with van der Waals surface area (Å²) in [5.41, 5.74) is 7.16. The van der Waals surface area contributed by atoms with Gasteiger partial charge in [-0.15, -0.1) is 0 Å². The van der Waals surface area contributed by atoms with Crippen LogP contribution in [0.1, 0.15) is 65.5 Å². The molecule has 2 N–H and O–H groups in total. The largest absolute Gasteiger partial charge is 0.490 e. The fraction of sp³-hybridized carbons (Fsp3) is 0.419. The molecule has 2 aliphatic carbocycles. The normalized spacial score (nSPS) is 22.7. The number of hydrogen-bond acceptors (Lipinski definition) is 5. The van der Waals surface area contributed by atoms with Crippen LogP contribution in [0.25, 0.3) is 11.1 Å². The molecule has 2 fully saturated rings. The number of aromatic nitrogens is 1. The lowest BCUT2D eigenvalue weighted by Gasteiger charge is -2.24. The van der Waals surface area contributed by atoms with Crippen LogP contribution in [-0.4, -0.2) is 35.4 Å². The molecule has 1 aromatic heterocycles. The van der Waals surface area contributed by atoms with Gasteiger partial charge in [0, 0.05) is 24.6 Å². The first-order chi connectivity index (χ1) is 18.4. The number of halogens is 1. The van der Waals surface area contributed by atoms with Gasteiger partial charge in [-0.2, -0.15) is 0 Å². The first-order valence-electron chi connectivity index (χ1n) is 13.5. The number of aliphatic carboxylic acids is 1. The predicted molar refractivity (Wildman–Crippen MR) is 143 cm³/mol. The number of fused-ring (bicyclic) bond motifs is 1. The zero-order valence-electron chi connectivity index (χ0n) is 21.8. The Balaban J connectivity index is 1.23. The van der Waals surface area contributed by atoms with Crippen molar-refractivity contribution >= 4 is 11.8 Å². The number of carbonyl (C=O) groups is 1. The molecule has 6 nitrogen and oxygen atoms in total. The summed E-state index contributed by atoms with van der Waals surface area (Å²) in [5, 5.41) is 12.6. The second kappa shape index (κ2) is 10.0. The SMILES string of the molecule is Cc1cc(OC2CCOCC2)cc(C)c1-c1ccc(F)c2c1CC[C@H]2Nc1ccc([C@H]2C[C@@H]2C(=O)O)cn1. The summed E-state index contributed by atoms with van der Waals surface area (Å²) in [5.74, 6) is 0.334. The van der Waals surface area contributed by atoms with Crippen molar-refractivity contribution in [1.29, 1.82) is 0 Å². The fourth-order valence-electron chi connectivity index (χ4n) is 6.22. The predicted octanol–water partition coefficient (Wildman–Crippen LogP) is 6.35. The van der Waals surface area contributed by atoms with Crippen LogP contribution in [0.3, 0.4) is 0 Å². The van der Waals surface area contributed by atoms with Crippen LogP contribution in [0.4, 0.5) is 10.2 Å². The summed E-state index contributed by atoms with van der Waals surface area (Å²) in [6.45, 7) is 5.67. The lowest BCUT2D eigenvalue weighted by atomic mass is 9.90. The van der Waals surface area contributed by atoms with E-state index < -0.39 is 5.97 Å². The molecule has 3 aliphatic rings. The zero-order chi connectivity index (χ0) is 26.4. The summed E-state index contributed by atoms with van der Waals surface area (Å²) < 4.78 is 26.9. The van der Waals surface area contributed by atoms with E-state index in [1.807, 2.05) is 18.2 Å². The van der Waals surface area contributed by atoms with Crippen LogP contribution in [0.5, 0.6) is 5.75 Å². The zero-order valence-corrected chi connectivity index (χ0v) is 21.8. The lowest BCUT2D eigenvalue weighted by molar-refractivity contribution is -0.138. The average Bonchev–Trinajstić information content (AvgIpc) is 3.60. The van der Waals surface area contributed by atoms with Gasteiger partial charge >= 0.3 is 5.97 Å². The Morgan fingerprint density at radius 2 is 1.87 bits per heavy atom. The van der Waals surface area contributed by atoms with Gasteiger partial charge in [0.25, 0.3) is 0 Å². The maximum absolute atomic E-state index is 15.2. The molecule has 1 aliphatic heterocycles. The minimum Gasteiger partial charge on any atom is -0.490 e. The third-order valence-electron chi connectivity index (χ3n) is 8.23. The highest BCUT2D eigenvalue weighted by atomic mass is 19.1. The number of ether oxygens (including phenoxy) is 2. The Kier molecular flexibility index (Phi) is 6.56. The van der Waals surface area contributed by atoms with E-state index in [4.69, 9.17) is 9.47 Å². The first kappa shape index (κ1) is 24.9.